The zero-order valence-corrected chi connectivity index (χ0v) is 8.99. The second-order valence-corrected chi connectivity index (χ2v) is 4.67. The number of rotatable bonds is 3. The molecule has 0 aliphatic rings. The van der Waals surface area contributed by atoms with Crippen molar-refractivity contribution in [3.63, 3.8) is 0 Å². The molecule has 0 radical (unpaired) electrons. The van der Waals surface area contributed by atoms with Gasteiger partial charge in [-0.15, -0.1) is 0 Å². The van der Waals surface area contributed by atoms with Crippen molar-refractivity contribution >= 4 is 21.6 Å². The van der Waals surface area contributed by atoms with Crippen LogP contribution in [0.2, 0.25) is 5.02 Å². The van der Waals surface area contributed by atoms with Crippen LogP contribution in [0.1, 0.15) is 6.92 Å². The van der Waals surface area contributed by atoms with Crippen molar-refractivity contribution in [2.45, 2.75) is 11.8 Å². The summed E-state index contributed by atoms with van der Waals surface area (Å²) in [5.41, 5.74) is 0. The smallest absolute Gasteiger partial charge is 0.211 e. The van der Waals surface area contributed by atoms with Gasteiger partial charge in [-0.25, -0.2) is 17.5 Å². The normalized spacial score (nSPS) is 11.6. The van der Waals surface area contributed by atoms with Gasteiger partial charge in [-0.3, -0.25) is 0 Å². The summed E-state index contributed by atoms with van der Waals surface area (Å²) in [6, 6.07) is 3.65. The predicted octanol–water partition coefficient (Wildman–Crippen LogP) is 1.78. The van der Waals surface area contributed by atoms with Crippen LogP contribution in [0, 0.1) is 5.82 Å². The Morgan fingerprint density at radius 3 is 2.71 bits per heavy atom. The van der Waals surface area contributed by atoms with E-state index in [2.05, 4.69) is 4.72 Å². The summed E-state index contributed by atoms with van der Waals surface area (Å²) in [5.74, 6) is -0.745. The Labute approximate surface area is 86.9 Å². The molecule has 0 aliphatic carbocycles. The number of halogens is 2. The summed E-state index contributed by atoms with van der Waals surface area (Å²) in [6.07, 6.45) is 0. The van der Waals surface area contributed by atoms with Gasteiger partial charge in [0, 0.05) is 6.54 Å². The fourth-order valence-electron chi connectivity index (χ4n) is 0.959. The lowest BCUT2D eigenvalue weighted by Gasteiger charge is -2.06. The number of benzene rings is 1. The molecule has 6 heteroatoms. The predicted molar refractivity (Wildman–Crippen MR) is 52.3 cm³/mol. The number of hydrogen-bond donors (Lipinski definition) is 1. The monoisotopic (exact) mass is 237 g/mol. The summed E-state index contributed by atoms with van der Waals surface area (Å²) in [6.45, 7) is 1.86. The molecule has 0 aliphatic heterocycles. The molecule has 0 bridgehead atoms. The van der Waals surface area contributed by atoms with E-state index < -0.39 is 15.8 Å². The van der Waals surface area contributed by atoms with Crippen LogP contribution in [0.3, 0.4) is 0 Å². The summed E-state index contributed by atoms with van der Waals surface area (Å²) in [7, 11) is -3.69. The van der Waals surface area contributed by atoms with Gasteiger partial charge in [-0.05, 0) is 12.1 Å². The second kappa shape index (κ2) is 4.25. The van der Waals surface area contributed by atoms with Gasteiger partial charge in [0.25, 0.3) is 0 Å². The molecule has 0 atom stereocenters. The van der Waals surface area contributed by atoms with Gasteiger partial charge in [-0.1, -0.05) is 24.6 Å². The number of hydrogen-bond acceptors (Lipinski definition) is 2. The van der Waals surface area contributed by atoms with E-state index in [-0.39, 0.29) is 16.5 Å². The standard InChI is InChI=1S/C8H9ClFNO2S/c1-2-11-14(12,13)7-5-3-4-6(10)8(7)9/h3-5,11H,2H2,1H3. The molecular weight excluding hydrogens is 229 g/mol. The van der Waals surface area contributed by atoms with E-state index in [1.165, 1.54) is 12.1 Å². The first-order valence-corrected chi connectivity index (χ1v) is 5.79. The fourth-order valence-corrected chi connectivity index (χ4v) is 2.52. The highest BCUT2D eigenvalue weighted by atomic mass is 35.5. The Bertz CT molecular complexity index is 433. The van der Waals surface area contributed by atoms with Crippen molar-refractivity contribution in [1.29, 1.82) is 0 Å². The third-order valence-electron chi connectivity index (χ3n) is 1.54. The SMILES string of the molecule is CCNS(=O)(=O)c1cccc(F)c1Cl. The highest BCUT2D eigenvalue weighted by molar-refractivity contribution is 7.89. The maximum absolute atomic E-state index is 12.9. The van der Waals surface area contributed by atoms with Crippen LogP contribution in [-0.2, 0) is 10.0 Å². The molecule has 1 N–H and O–H groups in total. The van der Waals surface area contributed by atoms with E-state index in [0.717, 1.165) is 6.07 Å². The van der Waals surface area contributed by atoms with Crippen molar-refractivity contribution < 1.29 is 12.8 Å². The first-order valence-electron chi connectivity index (χ1n) is 3.92. The van der Waals surface area contributed by atoms with E-state index >= 15 is 0 Å². The van der Waals surface area contributed by atoms with Gasteiger partial charge in [0.05, 0.1) is 5.02 Å². The largest absolute Gasteiger partial charge is 0.242 e. The maximum Gasteiger partial charge on any atom is 0.242 e. The van der Waals surface area contributed by atoms with Gasteiger partial charge in [0.2, 0.25) is 10.0 Å². The summed E-state index contributed by atoms with van der Waals surface area (Å²) >= 11 is 5.52. The van der Waals surface area contributed by atoms with Gasteiger partial charge >= 0.3 is 0 Å². The van der Waals surface area contributed by atoms with E-state index in [0.29, 0.717) is 0 Å². The topological polar surface area (TPSA) is 46.2 Å². The van der Waals surface area contributed by atoms with Crippen LogP contribution < -0.4 is 4.72 Å². The van der Waals surface area contributed by atoms with E-state index in [1.807, 2.05) is 0 Å². The average molecular weight is 238 g/mol. The Hall–Kier alpha value is -0.650. The Balaban J connectivity index is 3.27. The highest BCUT2D eigenvalue weighted by Crippen LogP contribution is 2.23. The van der Waals surface area contributed by atoms with Gasteiger partial charge in [-0.2, -0.15) is 0 Å². The second-order valence-electron chi connectivity index (χ2n) is 2.55. The van der Waals surface area contributed by atoms with Crippen molar-refractivity contribution in [3.05, 3.63) is 29.0 Å². The van der Waals surface area contributed by atoms with Gasteiger partial charge in [0.1, 0.15) is 10.7 Å². The highest BCUT2D eigenvalue weighted by Gasteiger charge is 2.18. The molecule has 1 aromatic carbocycles. The third-order valence-corrected chi connectivity index (χ3v) is 3.62. The van der Waals surface area contributed by atoms with Crippen molar-refractivity contribution in [2.24, 2.45) is 0 Å². The quantitative estimate of drug-likeness (QED) is 0.871. The van der Waals surface area contributed by atoms with Gasteiger partial charge < -0.3 is 0 Å². The van der Waals surface area contributed by atoms with Crippen molar-refractivity contribution in [2.75, 3.05) is 6.54 Å². The minimum Gasteiger partial charge on any atom is -0.211 e. The first kappa shape index (κ1) is 11.4. The minimum atomic E-state index is -3.69. The lowest BCUT2D eigenvalue weighted by atomic mass is 10.3. The molecule has 78 valence electrons. The van der Waals surface area contributed by atoms with E-state index in [9.17, 15) is 12.8 Å². The lowest BCUT2D eigenvalue weighted by molar-refractivity contribution is 0.580. The third kappa shape index (κ3) is 2.23. The molecule has 0 saturated carbocycles. The molecule has 0 amide bonds. The Kier molecular flexibility index (Phi) is 3.47. The molecule has 1 aromatic rings. The van der Waals surface area contributed by atoms with Crippen LogP contribution >= 0.6 is 11.6 Å². The van der Waals surface area contributed by atoms with E-state index in [4.69, 9.17) is 11.6 Å². The van der Waals surface area contributed by atoms with Crippen LogP contribution in [0.4, 0.5) is 4.39 Å². The zero-order chi connectivity index (χ0) is 10.8. The maximum atomic E-state index is 12.9. The molecule has 0 spiro atoms. The first-order chi connectivity index (χ1) is 6.49. The van der Waals surface area contributed by atoms with Gasteiger partial charge in [0.15, 0.2) is 0 Å². The molecule has 3 nitrogen and oxygen atoms in total. The molecule has 0 unspecified atom stereocenters. The van der Waals surface area contributed by atoms with Crippen molar-refractivity contribution in [1.82, 2.24) is 4.72 Å². The summed E-state index contributed by atoms with van der Waals surface area (Å²) < 4.78 is 38.0. The van der Waals surface area contributed by atoms with Crippen LogP contribution in [0.25, 0.3) is 0 Å². The Morgan fingerprint density at radius 1 is 1.50 bits per heavy atom. The van der Waals surface area contributed by atoms with Crippen LogP contribution in [0.15, 0.2) is 23.1 Å². The molecule has 0 heterocycles. The summed E-state index contributed by atoms with van der Waals surface area (Å²) in [5, 5.41) is -0.381. The minimum absolute atomic E-state index is 0.231. The summed E-state index contributed by atoms with van der Waals surface area (Å²) in [4.78, 5) is -0.235. The average Bonchev–Trinajstić information content (AvgIpc) is 2.09. The number of nitrogens with one attached hydrogen (secondary N) is 1. The molecule has 1 rings (SSSR count). The molecule has 14 heavy (non-hydrogen) atoms. The molecule has 0 fully saturated rings. The lowest BCUT2D eigenvalue weighted by Crippen LogP contribution is -2.23. The van der Waals surface area contributed by atoms with Crippen LogP contribution in [-0.4, -0.2) is 15.0 Å². The fraction of sp³-hybridized carbons (Fsp3) is 0.250. The van der Waals surface area contributed by atoms with Crippen LogP contribution in [0.5, 0.6) is 0 Å². The van der Waals surface area contributed by atoms with E-state index in [1.54, 1.807) is 6.92 Å². The molecular formula is C8H9ClFNO2S. The zero-order valence-electron chi connectivity index (χ0n) is 7.42. The molecule has 0 aromatic heterocycles. The van der Waals surface area contributed by atoms with Crippen molar-refractivity contribution in [3.8, 4) is 0 Å². The Morgan fingerprint density at radius 2 is 2.14 bits per heavy atom. The molecule has 0 saturated heterocycles. The number of sulfonamides is 1.